The van der Waals surface area contributed by atoms with Crippen LogP contribution >= 0.6 is 34.4 Å². The molecule has 26 heavy (non-hydrogen) atoms. The summed E-state index contributed by atoms with van der Waals surface area (Å²) in [5, 5.41) is 13.5. The largest absolute Gasteiger partial charge is 0.300 e. The van der Waals surface area contributed by atoms with Gasteiger partial charge in [-0.05, 0) is 24.3 Å². The van der Waals surface area contributed by atoms with E-state index in [1.165, 1.54) is 27.0 Å². The number of carbonyl (C=O) groups excluding carboxylic acids is 1. The number of nitrogens with one attached hydrogen (secondary N) is 1. The number of sulfonamides is 1. The Hall–Kier alpha value is -1.01. The first kappa shape index (κ1) is 19.7. The van der Waals surface area contributed by atoms with Crippen LogP contribution in [0.25, 0.3) is 0 Å². The third-order valence-electron chi connectivity index (χ3n) is 3.89. The highest BCUT2D eigenvalue weighted by atomic mass is 32.2. The molecular formula is C15H20N4O3S4. The van der Waals surface area contributed by atoms with E-state index < -0.39 is 10.0 Å². The van der Waals surface area contributed by atoms with Crippen molar-refractivity contribution in [1.29, 1.82) is 0 Å². The average Bonchev–Trinajstić information content (AvgIpc) is 3.27. The highest BCUT2D eigenvalue weighted by molar-refractivity contribution is 8.01. The van der Waals surface area contributed by atoms with Gasteiger partial charge in [0.1, 0.15) is 4.21 Å². The van der Waals surface area contributed by atoms with Crippen LogP contribution in [0.5, 0.6) is 0 Å². The van der Waals surface area contributed by atoms with Gasteiger partial charge in [-0.15, -0.1) is 21.5 Å². The molecule has 0 aliphatic carbocycles. The molecule has 3 rings (SSSR count). The molecule has 0 bridgehead atoms. The minimum Gasteiger partial charge on any atom is -0.300 e. The lowest BCUT2D eigenvalue weighted by atomic mass is 9.97. The Balaban J connectivity index is 1.54. The minimum atomic E-state index is -3.44. The second-order valence-electron chi connectivity index (χ2n) is 6.14. The number of aromatic nitrogens is 2. The smallest absolute Gasteiger partial charge is 0.252 e. The molecular weight excluding hydrogens is 412 g/mol. The fraction of sp³-hybridized carbons (Fsp3) is 0.533. The van der Waals surface area contributed by atoms with E-state index in [0.29, 0.717) is 40.5 Å². The summed E-state index contributed by atoms with van der Waals surface area (Å²) in [4.78, 5) is 12.4. The van der Waals surface area contributed by atoms with Crippen LogP contribution in [0.15, 0.2) is 26.1 Å². The molecule has 1 saturated heterocycles. The molecule has 1 N–H and O–H groups in total. The normalized spacial score (nSPS) is 16.9. The highest BCUT2D eigenvalue weighted by Crippen LogP contribution is 2.30. The van der Waals surface area contributed by atoms with Crippen LogP contribution in [0.3, 0.4) is 0 Å². The molecule has 142 valence electrons. The van der Waals surface area contributed by atoms with Crippen LogP contribution in [0.4, 0.5) is 5.13 Å². The van der Waals surface area contributed by atoms with Crippen molar-refractivity contribution in [1.82, 2.24) is 14.5 Å². The van der Waals surface area contributed by atoms with Crippen LogP contribution in [0.1, 0.15) is 26.7 Å². The molecule has 0 aromatic carbocycles. The number of rotatable bonds is 6. The first-order valence-corrected chi connectivity index (χ1v) is 12.2. The van der Waals surface area contributed by atoms with Crippen LogP contribution in [0, 0.1) is 5.92 Å². The summed E-state index contributed by atoms with van der Waals surface area (Å²) >= 11 is 4.18. The summed E-state index contributed by atoms with van der Waals surface area (Å²) in [6.45, 7) is 4.84. The summed E-state index contributed by atoms with van der Waals surface area (Å²) in [5.74, 6) is -0.328. The van der Waals surface area contributed by atoms with Gasteiger partial charge in [-0.25, -0.2) is 8.42 Å². The molecule has 1 aliphatic rings. The van der Waals surface area contributed by atoms with E-state index in [1.54, 1.807) is 29.3 Å². The monoisotopic (exact) mass is 432 g/mol. The Bertz CT molecular complexity index is 840. The van der Waals surface area contributed by atoms with Crippen molar-refractivity contribution in [2.24, 2.45) is 5.92 Å². The van der Waals surface area contributed by atoms with Gasteiger partial charge in [0.2, 0.25) is 11.0 Å². The third-order valence-corrected chi connectivity index (χ3v) is 9.09. The molecule has 0 spiro atoms. The number of hydrogen-bond acceptors (Lipinski definition) is 8. The lowest BCUT2D eigenvalue weighted by Gasteiger charge is -2.29. The van der Waals surface area contributed by atoms with Gasteiger partial charge in [-0.3, -0.25) is 4.79 Å². The number of thioether (sulfide) groups is 1. The lowest BCUT2D eigenvalue weighted by molar-refractivity contribution is -0.120. The summed E-state index contributed by atoms with van der Waals surface area (Å²) in [5.41, 5.74) is 0. The van der Waals surface area contributed by atoms with Crippen molar-refractivity contribution in [2.45, 2.75) is 40.5 Å². The second-order valence-corrected chi connectivity index (χ2v) is 12.1. The molecule has 1 aliphatic heterocycles. The Morgan fingerprint density at radius 1 is 1.35 bits per heavy atom. The Morgan fingerprint density at radius 2 is 2.08 bits per heavy atom. The molecule has 3 heterocycles. The fourth-order valence-corrected chi connectivity index (χ4v) is 7.21. The summed E-state index contributed by atoms with van der Waals surface area (Å²) in [6.07, 6.45) is 1.01. The van der Waals surface area contributed by atoms with E-state index in [1.807, 2.05) is 0 Å². The molecule has 0 saturated carbocycles. The van der Waals surface area contributed by atoms with Crippen LogP contribution in [-0.4, -0.2) is 47.2 Å². The zero-order valence-electron chi connectivity index (χ0n) is 14.4. The Kier molecular flexibility index (Phi) is 6.33. The summed E-state index contributed by atoms with van der Waals surface area (Å²) < 4.78 is 27.7. The van der Waals surface area contributed by atoms with Crippen molar-refractivity contribution < 1.29 is 13.2 Å². The zero-order valence-corrected chi connectivity index (χ0v) is 17.7. The summed E-state index contributed by atoms with van der Waals surface area (Å²) in [7, 11) is -3.44. The highest BCUT2D eigenvalue weighted by Gasteiger charge is 2.32. The number of nitrogens with zero attached hydrogens (tertiary/aromatic N) is 3. The van der Waals surface area contributed by atoms with Crippen molar-refractivity contribution in [3.63, 3.8) is 0 Å². The van der Waals surface area contributed by atoms with Crippen molar-refractivity contribution in [3.8, 4) is 0 Å². The Labute approximate surface area is 165 Å². The summed E-state index contributed by atoms with van der Waals surface area (Å²) in [6, 6.07) is 3.34. The van der Waals surface area contributed by atoms with Crippen LogP contribution < -0.4 is 5.32 Å². The molecule has 1 amide bonds. The van der Waals surface area contributed by atoms with Crippen molar-refractivity contribution >= 4 is 55.5 Å². The van der Waals surface area contributed by atoms with Crippen LogP contribution in [-0.2, 0) is 14.8 Å². The fourth-order valence-electron chi connectivity index (χ4n) is 2.61. The number of thiophene rings is 1. The number of piperidine rings is 1. The number of hydrogen-bond donors (Lipinski definition) is 1. The maximum Gasteiger partial charge on any atom is 0.252 e. The first-order chi connectivity index (χ1) is 12.4. The van der Waals surface area contributed by atoms with E-state index >= 15 is 0 Å². The molecule has 0 atom stereocenters. The van der Waals surface area contributed by atoms with E-state index in [9.17, 15) is 13.2 Å². The SMILES string of the molecule is CC(C)Sc1nnc(NC(=O)C2CCN(S(=O)(=O)c3cccs3)CC2)s1. The zero-order chi connectivity index (χ0) is 18.7. The molecule has 7 nitrogen and oxygen atoms in total. The molecule has 2 aromatic rings. The predicted molar refractivity (Wildman–Crippen MR) is 105 cm³/mol. The topological polar surface area (TPSA) is 92.3 Å². The van der Waals surface area contributed by atoms with Gasteiger partial charge < -0.3 is 5.32 Å². The quantitative estimate of drug-likeness (QED) is 0.557. The lowest BCUT2D eigenvalue weighted by Crippen LogP contribution is -2.41. The molecule has 0 radical (unpaired) electrons. The van der Waals surface area contributed by atoms with Gasteiger partial charge in [0.25, 0.3) is 10.0 Å². The molecule has 11 heteroatoms. The maximum absolute atomic E-state index is 12.5. The number of amides is 1. The van der Waals surface area contributed by atoms with Crippen LogP contribution in [0.2, 0.25) is 0 Å². The molecule has 1 fully saturated rings. The van der Waals surface area contributed by atoms with E-state index in [-0.39, 0.29) is 11.8 Å². The average molecular weight is 433 g/mol. The third kappa shape index (κ3) is 4.63. The van der Waals surface area contributed by atoms with Gasteiger partial charge >= 0.3 is 0 Å². The van der Waals surface area contributed by atoms with Crippen molar-refractivity contribution in [2.75, 3.05) is 18.4 Å². The molecule has 0 unspecified atom stereocenters. The first-order valence-electron chi connectivity index (χ1n) is 8.21. The van der Waals surface area contributed by atoms with Gasteiger partial charge in [0.05, 0.1) is 0 Å². The Morgan fingerprint density at radius 3 is 2.69 bits per heavy atom. The van der Waals surface area contributed by atoms with Gasteiger partial charge in [0, 0.05) is 24.3 Å². The van der Waals surface area contributed by atoms with Gasteiger partial charge in [-0.2, -0.15) is 4.31 Å². The predicted octanol–water partition coefficient (Wildman–Crippen LogP) is 3.14. The number of anilines is 1. The minimum absolute atomic E-state index is 0.115. The second kappa shape index (κ2) is 8.34. The standard InChI is InChI=1S/C15H20N4O3S4/c1-10(2)24-15-18-17-14(25-15)16-13(20)11-5-7-19(8-6-11)26(21,22)12-4-3-9-23-12/h3-4,9-11H,5-8H2,1-2H3,(H,16,17,20). The van der Waals surface area contributed by atoms with Gasteiger partial charge in [-0.1, -0.05) is 43.0 Å². The number of carbonyl (C=O) groups is 1. The molecule has 2 aromatic heterocycles. The van der Waals surface area contributed by atoms with Crippen molar-refractivity contribution in [3.05, 3.63) is 17.5 Å². The maximum atomic E-state index is 12.5. The van der Waals surface area contributed by atoms with E-state index in [2.05, 4.69) is 29.4 Å². The van der Waals surface area contributed by atoms with Gasteiger partial charge in [0.15, 0.2) is 4.34 Å². The van der Waals surface area contributed by atoms with E-state index in [4.69, 9.17) is 0 Å². The van der Waals surface area contributed by atoms with E-state index in [0.717, 1.165) is 4.34 Å².